The molecule has 1 rings (SSSR count). The Labute approximate surface area is 118 Å². The van der Waals surface area contributed by atoms with Crippen LogP contribution < -0.4 is 10.1 Å². The summed E-state index contributed by atoms with van der Waals surface area (Å²) in [6, 6.07) is 9.09. The van der Waals surface area contributed by atoms with E-state index in [-0.39, 0.29) is 5.41 Å². The van der Waals surface area contributed by atoms with E-state index in [1.165, 1.54) is 5.56 Å². The van der Waals surface area contributed by atoms with E-state index in [2.05, 4.69) is 64.2 Å². The van der Waals surface area contributed by atoms with Crippen LogP contribution in [0, 0.1) is 0 Å². The summed E-state index contributed by atoms with van der Waals surface area (Å²) in [6.45, 7) is 12.8. The van der Waals surface area contributed by atoms with Crippen molar-refractivity contribution >= 4 is 0 Å². The molecule has 0 aliphatic carbocycles. The molecule has 0 spiro atoms. The number of nitrogens with one attached hydrogen (secondary N) is 1. The van der Waals surface area contributed by atoms with E-state index in [0.717, 1.165) is 31.7 Å². The van der Waals surface area contributed by atoms with Crippen LogP contribution in [0.5, 0.6) is 5.75 Å². The third kappa shape index (κ3) is 5.23. The Hall–Kier alpha value is -1.02. The van der Waals surface area contributed by atoms with Gasteiger partial charge in [-0.3, -0.25) is 0 Å². The van der Waals surface area contributed by atoms with Crippen LogP contribution in [0.3, 0.4) is 0 Å². The Kier molecular flexibility index (Phi) is 6.36. The Bertz CT molecular complexity index is 356. The summed E-state index contributed by atoms with van der Waals surface area (Å²) < 4.78 is 5.74. The van der Waals surface area contributed by atoms with E-state index in [9.17, 15) is 0 Å². The van der Waals surface area contributed by atoms with Gasteiger partial charge in [0, 0.05) is 12.6 Å². The highest BCUT2D eigenvalue weighted by Gasteiger charge is 2.17. The molecule has 2 nitrogen and oxygen atoms in total. The molecule has 0 amide bonds. The highest BCUT2D eigenvalue weighted by molar-refractivity contribution is 5.31. The lowest BCUT2D eigenvalue weighted by molar-refractivity contribution is 0.306. The van der Waals surface area contributed by atoms with Gasteiger partial charge in [-0.1, -0.05) is 39.8 Å². The first-order valence-electron chi connectivity index (χ1n) is 7.46. The largest absolute Gasteiger partial charge is 0.492 e. The first-order valence-corrected chi connectivity index (χ1v) is 7.46. The molecule has 19 heavy (non-hydrogen) atoms. The molecule has 0 bridgehead atoms. The van der Waals surface area contributed by atoms with E-state index in [1.54, 1.807) is 0 Å². The zero-order chi connectivity index (χ0) is 14.3. The Balaban J connectivity index is 2.41. The first-order chi connectivity index (χ1) is 8.99. The lowest BCUT2D eigenvalue weighted by Crippen LogP contribution is -2.29. The van der Waals surface area contributed by atoms with Crippen molar-refractivity contribution in [1.29, 1.82) is 0 Å². The molecule has 2 heteroatoms. The minimum absolute atomic E-state index is 0.247. The average Bonchev–Trinajstić information content (AvgIpc) is 2.43. The lowest BCUT2D eigenvalue weighted by atomic mass is 9.82. The molecule has 108 valence electrons. The third-order valence-electron chi connectivity index (χ3n) is 4.00. The van der Waals surface area contributed by atoms with Gasteiger partial charge in [-0.25, -0.2) is 0 Å². The molecule has 0 unspecified atom stereocenters. The average molecular weight is 263 g/mol. The molecule has 0 saturated carbocycles. The molecule has 1 atom stereocenters. The maximum absolute atomic E-state index is 5.74. The van der Waals surface area contributed by atoms with Crippen molar-refractivity contribution in [3.8, 4) is 5.75 Å². The van der Waals surface area contributed by atoms with E-state index >= 15 is 0 Å². The topological polar surface area (TPSA) is 21.3 Å². The van der Waals surface area contributed by atoms with Crippen molar-refractivity contribution in [3.05, 3.63) is 29.8 Å². The zero-order valence-electron chi connectivity index (χ0n) is 13.1. The monoisotopic (exact) mass is 263 g/mol. The second kappa shape index (κ2) is 7.54. The first kappa shape index (κ1) is 16.0. The Morgan fingerprint density at radius 3 is 2.32 bits per heavy atom. The van der Waals surface area contributed by atoms with Crippen LogP contribution in [0.2, 0.25) is 0 Å². The molecule has 0 fully saturated rings. The maximum Gasteiger partial charge on any atom is 0.119 e. The number of hydrogen-bond donors (Lipinski definition) is 1. The van der Waals surface area contributed by atoms with Crippen LogP contribution in [0.4, 0.5) is 0 Å². The molecule has 0 saturated heterocycles. The maximum atomic E-state index is 5.74. The second-order valence-electron chi connectivity index (χ2n) is 5.87. The van der Waals surface area contributed by atoms with Gasteiger partial charge in [0.2, 0.25) is 0 Å². The minimum Gasteiger partial charge on any atom is -0.492 e. The SMILES string of the molecule is CC[C@@H](C)NCCOc1ccc(C(C)(C)CC)cc1. The van der Waals surface area contributed by atoms with Crippen molar-refractivity contribution in [2.45, 2.75) is 58.9 Å². The summed E-state index contributed by atoms with van der Waals surface area (Å²) in [7, 11) is 0. The van der Waals surface area contributed by atoms with Crippen LogP contribution in [0.1, 0.15) is 53.0 Å². The van der Waals surface area contributed by atoms with Gasteiger partial charge in [-0.2, -0.15) is 0 Å². The van der Waals surface area contributed by atoms with Crippen LogP contribution >= 0.6 is 0 Å². The second-order valence-corrected chi connectivity index (χ2v) is 5.87. The highest BCUT2D eigenvalue weighted by Crippen LogP contribution is 2.27. The van der Waals surface area contributed by atoms with Gasteiger partial charge in [0.1, 0.15) is 12.4 Å². The van der Waals surface area contributed by atoms with Gasteiger partial charge in [-0.15, -0.1) is 0 Å². The molecule has 0 aromatic heterocycles. The lowest BCUT2D eigenvalue weighted by Gasteiger charge is -2.23. The number of benzene rings is 1. The van der Waals surface area contributed by atoms with Gasteiger partial charge in [-0.05, 0) is 42.9 Å². The van der Waals surface area contributed by atoms with Gasteiger partial charge < -0.3 is 10.1 Å². The third-order valence-corrected chi connectivity index (χ3v) is 4.00. The standard InChI is InChI=1S/C17H29NO/c1-6-14(3)18-12-13-19-16-10-8-15(9-11-16)17(4,5)7-2/h8-11,14,18H,6-7,12-13H2,1-5H3/t14-/m1/s1. The summed E-state index contributed by atoms with van der Waals surface area (Å²) >= 11 is 0. The van der Waals surface area contributed by atoms with Crippen molar-refractivity contribution < 1.29 is 4.74 Å². The summed E-state index contributed by atoms with van der Waals surface area (Å²) in [5.74, 6) is 0.960. The molecule has 0 aliphatic heterocycles. The zero-order valence-corrected chi connectivity index (χ0v) is 13.1. The number of hydrogen-bond acceptors (Lipinski definition) is 2. The Morgan fingerprint density at radius 2 is 1.79 bits per heavy atom. The normalized spacial score (nSPS) is 13.3. The quantitative estimate of drug-likeness (QED) is 0.712. The number of rotatable bonds is 8. The molecule has 1 N–H and O–H groups in total. The van der Waals surface area contributed by atoms with Crippen molar-refractivity contribution in [2.24, 2.45) is 0 Å². The molecule has 0 aliphatic rings. The van der Waals surface area contributed by atoms with E-state index in [0.29, 0.717) is 6.04 Å². The van der Waals surface area contributed by atoms with E-state index in [1.807, 2.05) is 0 Å². The predicted molar refractivity (Wildman–Crippen MR) is 83.0 cm³/mol. The van der Waals surface area contributed by atoms with Gasteiger partial charge in [0.05, 0.1) is 0 Å². The summed E-state index contributed by atoms with van der Waals surface area (Å²) in [5, 5.41) is 3.42. The van der Waals surface area contributed by atoms with Crippen molar-refractivity contribution in [2.75, 3.05) is 13.2 Å². The van der Waals surface area contributed by atoms with Crippen molar-refractivity contribution in [1.82, 2.24) is 5.32 Å². The summed E-state index contributed by atoms with van der Waals surface area (Å²) in [6.07, 6.45) is 2.30. The smallest absolute Gasteiger partial charge is 0.119 e. The number of ether oxygens (including phenoxy) is 1. The molecule has 0 radical (unpaired) electrons. The van der Waals surface area contributed by atoms with Gasteiger partial charge >= 0.3 is 0 Å². The fourth-order valence-electron chi connectivity index (χ4n) is 1.83. The molecule has 1 aromatic carbocycles. The van der Waals surface area contributed by atoms with Crippen LogP contribution in [-0.4, -0.2) is 19.2 Å². The molecular formula is C17H29NO. The fourth-order valence-corrected chi connectivity index (χ4v) is 1.83. The summed E-state index contributed by atoms with van der Waals surface area (Å²) in [5.41, 5.74) is 1.62. The van der Waals surface area contributed by atoms with Gasteiger partial charge in [0.25, 0.3) is 0 Å². The summed E-state index contributed by atoms with van der Waals surface area (Å²) in [4.78, 5) is 0. The molecule has 1 aromatic rings. The fraction of sp³-hybridized carbons (Fsp3) is 0.647. The van der Waals surface area contributed by atoms with E-state index < -0.39 is 0 Å². The molecule has 0 heterocycles. The predicted octanol–water partition coefficient (Wildman–Crippen LogP) is 4.14. The van der Waals surface area contributed by atoms with Gasteiger partial charge in [0.15, 0.2) is 0 Å². The van der Waals surface area contributed by atoms with Crippen LogP contribution in [0.25, 0.3) is 0 Å². The van der Waals surface area contributed by atoms with Crippen molar-refractivity contribution in [3.63, 3.8) is 0 Å². The van der Waals surface area contributed by atoms with Crippen LogP contribution in [-0.2, 0) is 5.41 Å². The Morgan fingerprint density at radius 1 is 1.16 bits per heavy atom. The highest BCUT2D eigenvalue weighted by atomic mass is 16.5. The van der Waals surface area contributed by atoms with E-state index in [4.69, 9.17) is 4.74 Å². The van der Waals surface area contributed by atoms with Crippen LogP contribution in [0.15, 0.2) is 24.3 Å². The molecular weight excluding hydrogens is 234 g/mol. The minimum atomic E-state index is 0.247.